The summed E-state index contributed by atoms with van der Waals surface area (Å²) in [7, 11) is 0. The summed E-state index contributed by atoms with van der Waals surface area (Å²) in [5, 5.41) is 20.5. The van der Waals surface area contributed by atoms with E-state index in [4.69, 9.17) is 10.4 Å². The second kappa shape index (κ2) is 5.29. The third-order valence-corrected chi connectivity index (χ3v) is 2.39. The lowest BCUT2D eigenvalue weighted by Gasteiger charge is -2.17. The molecule has 0 saturated carbocycles. The predicted octanol–water partition coefficient (Wildman–Crippen LogP) is 1.68. The summed E-state index contributed by atoms with van der Waals surface area (Å²) in [6.45, 7) is 3.46. The van der Waals surface area contributed by atoms with Crippen LogP contribution < -0.4 is 5.32 Å². The van der Waals surface area contributed by atoms with Crippen molar-refractivity contribution >= 4 is 5.97 Å². The van der Waals surface area contributed by atoms with E-state index in [-0.39, 0.29) is 6.04 Å². The molecule has 0 radical (unpaired) electrons. The Bertz CT molecular complexity index is 423. The van der Waals surface area contributed by atoms with Gasteiger partial charge in [-0.05, 0) is 31.5 Å². The minimum Gasteiger partial charge on any atom is -0.480 e. The number of hydrogen-bond donors (Lipinski definition) is 2. The highest BCUT2D eigenvalue weighted by Crippen LogP contribution is 2.14. The van der Waals surface area contributed by atoms with E-state index in [1.807, 2.05) is 13.0 Å². The van der Waals surface area contributed by atoms with Crippen LogP contribution in [0.5, 0.6) is 0 Å². The van der Waals surface area contributed by atoms with Crippen LogP contribution in [0.4, 0.5) is 0 Å². The van der Waals surface area contributed by atoms with Crippen LogP contribution >= 0.6 is 0 Å². The summed E-state index contributed by atoms with van der Waals surface area (Å²) in [6.07, 6.45) is 0. The molecule has 0 aliphatic carbocycles. The number of aliphatic carboxylic acids is 1. The molecule has 0 aliphatic heterocycles. The fourth-order valence-corrected chi connectivity index (χ4v) is 1.42. The Morgan fingerprint density at radius 2 is 2.19 bits per heavy atom. The molecule has 0 fully saturated rings. The molecule has 0 bridgehead atoms. The smallest absolute Gasteiger partial charge is 0.320 e. The van der Waals surface area contributed by atoms with Crippen molar-refractivity contribution in [1.82, 2.24) is 5.32 Å². The first kappa shape index (κ1) is 12.2. The van der Waals surface area contributed by atoms with E-state index in [1.54, 1.807) is 25.1 Å². The number of rotatable bonds is 4. The van der Waals surface area contributed by atoms with E-state index < -0.39 is 12.0 Å². The SMILES string of the molecule is CC(NC(C)c1cccc(C#N)c1)C(=O)O. The molecule has 2 atom stereocenters. The Balaban J connectivity index is 2.77. The van der Waals surface area contributed by atoms with Gasteiger partial charge in [0.1, 0.15) is 6.04 Å². The molecule has 2 unspecified atom stereocenters. The number of carboxylic acids is 1. The van der Waals surface area contributed by atoms with Crippen LogP contribution in [0.3, 0.4) is 0 Å². The highest BCUT2D eigenvalue weighted by Gasteiger charge is 2.14. The van der Waals surface area contributed by atoms with Gasteiger partial charge >= 0.3 is 5.97 Å². The Morgan fingerprint density at radius 3 is 2.75 bits per heavy atom. The summed E-state index contributed by atoms with van der Waals surface area (Å²) in [5.41, 5.74) is 1.49. The van der Waals surface area contributed by atoms with Crippen LogP contribution in [-0.4, -0.2) is 17.1 Å². The van der Waals surface area contributed by atoms with E-state index in [9.17, 15) is 4.79 Å². The van der Waals surface area contributed by atoms with Crippen LogP contribution in [-0.2, 0) is 4.79 Å². The zero-order valence-electron chi connectivity index (χ0n) is 9.27. The van der Waals surface area contributed by atoms with E-state index in [0.717, 1.165) is 5.56 Å². The highest BCUT2D eigenvalue weighted by atomic mass is 16.4. The molecule has 0 saturated heterocycles. The van der Waals surface area contributed by atoms with Crippen molar-refractivity contribution in [3.63, 3.8) is 0 Å². The molecule has 84 valence electrons. The lowest BCUT2D eigenvalue weighted by Crippen LogP contribution is -2.35. The van der Waals surface area contributed by atoms with Gasteiger partial charge in [-0.2, -0.15) is 5.26 Å². The van der Waals surface area contributed by atoms with E-state index in [1.165, 1.54) is 0 Å². The van der Waals surface area contributed by atoms with Gasteiger partial charge in [-0.15, -0.1) is 0 Å². The zero-order chi connectivity index (χ0) is 12.1. The maximum absolute atomic E-state index is 10.7. The Morgan fingerprint density at radius 1 is 1.50 bits per heavy atom. The van der Waals surface area contributed by atoms with Gasteiger partial charge < -0.3 is 5.11 Å². The lowest BCUT2D eigenvalue weighted by molar-refractivity contribution is -0.139. The number of nitriles is 1. The standard InChI is InChI=1S/C12H14N2O2/c1-8(14-9(2)12(15)16)11-5-3-4-10(6-11)7-13/h3-6,8-9,14H,1-2H3,(H,15,16). The van der Waals surface area contributed by atoms with Crippen molar-refractivity contribution in [3.8, 4) is 6.07 Å². The molecule has 16 heavy (non-hydrogen) atoms. The average molecular weight is 218 g/mol. The van der Waals surface area contributed by atoms with Crippen molar-refractivity contribution in [2.24, 2.45) is 0 Å². The van der Waals surface area contributed by atoms with Crippen molar-refractivity contribution in [2.75, 3.05) is 0 Å². The van der Waals surface area contributed by atoms with Crippen LogP contribution in [0.1, 0.15) is 31.0 Å². The first-order chi connectivity index (χ1) is 7.54. The molecule has 0 amide bonds. The lowest BCUT2D eigenvalue weighted by atomic mass is 10.1. The van der Waals surface area contributed by atoms with E-state index in [2.05, 4.69) is 11.4 Å². The first-order valence-corrected chi connectivity index (χ1v) is 5.03. The molecule has 1 rings (SSSR count). The normalized spacial score (nSPS) is 13.8. The van der Waals surface area contributed by atoms with Crippen molar-refractivity contribution in [3.05, 3.63) is 35.4 Å². The van der Waals surface area contributed by atoms with Gasteiger partial charge in [0, 0.05) is 6.04 Å². The second-order valence-corrected chi connectivity index (χ2v) is 3.69. The fraction of sp³-hybridized carbons (Fsp3) is 0.333. The Labute approximate surface area is 94.5 Å². The third kappa shape index (κ3) is 3.07. The van der Waals surface area contributed by atoms with E-state index >= 15 is 0 Å². The number of nitrogens with one attached hydrogen (secondary N) is 1. The summed E-state index contributed by atoms with van der Waals surface area (Å²) in [6, 6.07) is 8.48. The molecule has 0 spiro atoms. The van der Waals surface area contributed by atoms with Crippen molar-refractivity contribution < 1.29 is 9.90 Å². The number of nitrogens with zero attached hydrogens (tertiary/aromatic N) is 1. The number of carbonyl (C=O) groups is 1. The van der Waals surface area contributed by atoms with Gasteiger partial charge in [0.05, 0.1) is 11.6 Å². The first-order valence-electron chi connectivity index (χ1n) is 5.03. The van der Waals surface area contributed by atoms with Crippen molar-refractivity contribution in [1.29, 1.82) is 5.26 Å². The number of hydrogen-bond acceptors (Lipinski definition) is 3. The van der Waals surface area contributed by atoms with Gasteiger partial charge in [0.25, 0.3) is 0 Å². The van der Waals surface area contributed by atoms with Gasteiger partial charge in [-0.3, -0.25) is 10.1 Å². The van der Waals surface area contributed by atoms with Gasteiger partial charge in [0.15, 0.2) is 0 Å². The van der Waals surface area contributed by atoms with Crippen LogP contribution in [0.2, 0.25) is 0 Å². The second-order valence-electron chi connectivity index (χ2n) is 3.69. The summed E-state index contributed by atoms with van der Waals surface area (Å²) < 4.78 is 0. The molecule has 1 aromatic rings. The maximum Gasteiger partial charge on any atom is 0.320 e. The summed E-state index contributed by atoms with van der Waals surface area (Å²) in [5.74, 6) is -0.886. The Hall–Kier alpha value is -1.86. The maximum atomic E-state index is 10.7. The minimum atomic E-state index is -0.886. The molecule has 2 N–H and O–H groups in total. The monoisotopic (exact) mass is 218 g/mol. The molecule has 4 nitrogen and oxygen atoms in total. The van der Waals surface area contributed by atoms with E-state index in [0.29, 0.717) is 5.56 Å². The third-order valence-electron chi connectivity index (χ3n) is 2.39. The van der Waals surface area contributed by atoms with Gasteiger partial charge in [-0.25, -0.2) is 0 Å². The molecular weight excluding hydrogens is 204 g/mol. The quantitative estimate of drug-likeness (QED) is 0.806. The predicted molar refractivity (Wildman–Crippen MR) is 59.8 cm³/mol. The molecule has 0 aromatic heterocycles. The molecule has 4 heteroatoms. The minimum absolute atomic E-state index is 0.0978. The number of carboxylic acid groups (broad SMARTS) is 1. The van der Waals surface area contributed by atoms with Crippen LogP contribution in [0.25, 0.3) is 0 Å². The molecule has 1 aromatic carbocycles. The van der Waals surface area contributed by atoms with Crippen molar-refractivity contribution in [2.45, 2.75) is 25.9 Å². The Kier molecular flexibility index (Phi) is 4.03. The topological polar surface area (TPSA) is 73.1 Å². The summed E-state index contributed by atoms with van der Waals surface area (Å²) >= 11 is 0. The fourth-order valence-electron chi connectivity index (χ4n) is 1.42. The number of benzene rings is 1. The molecule has 0 aliphatic rings. The zero-order valence-corrected chi connectivity index (χ0v) is 9.27. The molecule has 0 heterocycles. The average Bonchev–Trinajstić information content (AvgIpc) is 2.28. The molecular formula is C12H14N2O2. The van der Waals surface area contributed by atoms with Gasteiger partial charge in [-0.1, -0.05) is 12.1 Å². The largest absolute Gasteiger partial charge is 0.480 e. The highest BCUT2D eigenvalue weighted by molar-refractivity contribution is 5.72. The van der Waals surface area contributed by atoms with Gasteiger partial charge in [0.2, 0.25) is 0 Å². The summed E-state index contributed by atoms with van der Waals surface area (Å²) in [4.78, 5) is 10.7. The van der Waals surface area contributed by atoms with Crippen LogP contribution in [0, 0.1) is 11.3 Å². The van der Waals surface area contributed by atoms with Crippen LogP contribution in [0.15, 0.2) is 24.3 Å².